The lowest BCUT2D eigenvalue weighted by Gasteiger charge is -2.13. The average Bonchev–Trinajstić information content (AvgIpc) is 0.789. The van der Waals surface area contributed by atoms with E-state index in [1.54, 1.807) is 0 Å². The quantitative estimate of drug-likeness (QED) is 0.107. The van der Waals surface area contributed by atoms with E-state index in [2.05, 4.69) is 4.74 Å². The van der Waals surface area contributed by atoms with E-state index < -0.39 is 215 Å². The Morgan fingerprint density at radius 3 is 1.88 bits per heavy atom. The van der Waals surface area contributed by atoms with E-state index in [4.69, 9.17) is 68.4 Å². The monoisotopic (exact) mass is 602 g/mol. The molecule has 0 N–H and O–H groups in total. The number of rotatable bonds is 18. The zero-order valence-corrected chi connectivity index (χ0v) is 20.5. The predicted octanol–water partition coefficient (Wildman–Crippen LogP) is 9.83. The van der Waals surface area contributed by atoms with Gasteiger partial charge in [0.1, 0.15) is 11.5 Å². The van der Waals surface area contributed by atoms with Gasteiger partial charge in [-0.05, 0) is 85.5 Å². The molecule has 220 valence electrons. The molecule has 0 aliphatic heterocycles. The van der Waals surface area contributed by atoms with E-state index in [0.29, 0.717) is 0 Å². The van der Waals surface area contributed by atoms with Gasteiger partial charge in [0, 0.05) is 38.4 Å². The third-order valence-electron chi connectivity index (χ3n) is 3.87. The molecule has 0 aromatic heterocycles. The van der Waals surface area contributed by atoms with Crippen LogP contribution < -0.4 is 9.47 Å². The number of esters is 2. The minimum Gasteiger partial charge on any atom is -0.494 e. The van der Waals surface area contributed by atoms with Gasteiger partial charge in [0.25, 0.3) is 0 Å². The molecule has 0 spiro atoms. The first-order valence-electron chi connectivity index (χ1n) is 32.1. The topological polar surface area (TPSA) is 61.8 Å². The van der Waals surface area contributed by atoms with Crippen LogP contribution in [0.15, 0.2) is 72.5 Å². The summed E-state index contributed by atoms with van der Waals surface area (Å²) in [5.41, 5.74) is -5.44. The van der Waals surface area contributed by atoms with Gasteiger partial charge >= 0.3 is 11.9 Å². The number of hydrogen-bond donors (Lipinski definition) is 0. The van der Waals surface area contributed by atoms with Crippen molar-refractivity contribution in [3.63, 3.8) is 0 Å². The van der Waals surface area contributed by atoms with Crippen LogP contribution in [0, 0.1) is 0 Å². The van der Waals surface area contributed by atoms with E-state index in [0.717, 1.165) is 0 Å². The Balaban J connectivity index is 2.15. The van der Waals surface area contributed by atoms with E-state index in [-0.39, 0.29) is 6.92 Å². The molecule has 3 rings (SSSR count). The molecule has 0 heterocycles. The fourth-order valence-electron chi connectivity index (χ4n) is 2.24. The van der Waals surface area contributed by atoms with E-state index in [1.807, 2.05) is 0 Å². The van der Waals surface area contributed by atoms with Gasteiger partial charge in [0.15, 0.2) is 0 Å². The molecule has 0 saturated heterocycles. The Kier molecular flexibility index (Phi) is 3.20. The number of ether oxygens (including phenoxy) is 3. The standard InChI is InChI=1S/C36H46O5/c1-4-6-8-10-11-13-27-39-33-23-19-30(20-24-33)29-15-17-31(18-16-29)36(38)41-34-25-21-32(22-26-34)35(37)40-28(3)14-12-9-7-5-2/h15-26,28H,4-14,27H2,1-3H3/t28-/m1/s1/i1D3,2D3,4D2,5D2,6D2,7D2,8D2,9D2,10D2,11D2,12D2,13D2,14D2,15D,16D,17D,18D,19D,20D,21D,22D,23D,24D,25D,26D,27D2,28D. The second kappa shape index (κ2) is 18.0. The zero-order valence-electron chi connectivity index (χ0n) is 63.5. The smallest absolute Gasteiger partial charge is 0.343 e. The van der Waals surface area contributed by atoms with Gasteiger partial charge in [-0.3, -0.25) is 0 Å². The van der Waals surface area contributed by atoms with Crippen LogP contribution in [0.1, 0.15) is 170 Å². The van der Waals surface area contributed by atoms with Gasteiger partial charge in [-0.15, -0.1) is 0 Å². The van der Waals surface area contributed by atoms with Crippen LogP contribution in [0.25, 0.3) is 11.1 Å². The summed E-state index contributed by atoms with van der Waals surface area (Å²) in [4.78, 5) is 27.1. The van der Waals surface area contributed by atoms with Crippen molar-refractivity contribution in [2.24, 2.45) is 0 Å². The van der Waals surface area contributed by atoms with Gasteiger partial charge in [-0.25, -0.2) is 9.59 Å². The Bertz CT molecular complexity index is 3040. The maximum Gasteiger partial charge on any atom is 0.343 e. The summed E-state index contributed by atoms with van der Waals surface area (Å²) in [5.74, 6) is -7.46. The van der Waals surface area contributed by atoms with Crippen molar-refractivity contribution >= 4 is 11.9 Å². The number of carbonyl (C=O) groups is 2. The highest BCUT2D eigenvalue weighted by Gasteiger charge is 2.14. The maximum atomic E-state index is 13.7. The number of carbonyl (C=O) groups excluding carboxylic acids is 2. The van der Waals surface area contributed by atoms with Crippen molar-refractivity contribution in [3.8, 4) is 22.6 Å². The molecular weight excluding hydrogens is 512 g/mol. The largest absolute Gasteiger partial charge is 0.494 e. The summed E-state index contributed by atoms with van der Waals surface area (Å²) < 4.78 is 364. The third kappa shape index (κ3) is 11.4. The van der Waals surface area contributed by atoms with Gasteiger partial charge in [0.05, 0.1) is 44.3 Å². The first-order chi connectivity index (χ1) is 36.7. The summed E-state index contributed by atoms with van der Waals surface area (Å²) in [6.45, 7) is -12.4. The van der Waals surface area contributed by atoms with Crippen LogP contribution in [0.2, 0.25) is 0 Å². The lowest BCUT2D eigenvalue weighted by Crippen LogP contribution is -2.15. The molecule has 0 unspecified atom stereocenters. The Hall–Kier alpha value is -3.60. The molecule has 3 aromatic rings. The van der Waals surface area contributed by atoms with Crippen molar-refractivity contribution in [2.75, 3.05) is 6.56 Å². The SMILES string of the molecule is [2H]c1c([2H])c(C(=O)O[C@]([2H])(C)C([2H])([2H])C([2H])([2H])C([2H])([2H])C([2H])([2H])C([2H])([2H])C([2H])([2H])[2H])c([2H])c([2H])c1OC(=O)c1c([2H])c([2H])c(-c2c([2H])c([2H])c(OC([2H])([2H])C([2H])([2H])C([2H])([2H])C([2H])([2H])C([2H])([2H])C([2H])([2H])C([2H])([2H])C([2H])([2H])[2H])c([2H])c2[2H])c([2H])c1[2H]. The average molecular weight is 602 g/mol. The first kappa shape index (κ1) is 7.30. The molecule has 0 aliphatic carbocycles. The number of benzene rings is 3. The Morgan fingerprint density at radius 2 is 1.22 bits per heavy atom. The summed E-state index contributed by atoms with van der Waals surface area (Å²) in [7, 11) is 0. The van der Waals surface area contributed by atoms with Crippen molar-refractivity contribution in [1.29, 1.82) is 0 Å². The summed E-state index contributed by atoms with van der Waals surface area (Å²) in [6, 6.07) is -18.3. The molecule has 0 fully saturated rings. The van der Waals surface area contributed by atoms with Gasteiger partial charge in [0.2, 0.25) is 0 Å². The highest BCUT2D eigenvalue weighted by Crippen LogP contribution is 2.24. The molecule has 0 bridgehead atoms. The predicted molar refractivity (Wildman–Crippen MR) is 166 cm³/mol. The highest BCUT2D eigenvalue weighted by molar-refractivity contribution is 5.92. The minimum atomic E-state index is -4.79. The highest BCUT2D eigenvalue weighted by atomic mass is 16.5. The van der Waals surface area contributed by atoms with Crippen LogP contribution in [-0.2, 0) is 4.74 Å². The van der Waals surface area contributed by atoms with Crippen molar-refractivity contribution in [3.05, 3.63) is 83.6 Å². The molecule has 5 nitrogen and oxygen atoms in total. The summed E-state index contributed by atoms with van der Waals surface area (Å²) >= 11 is 0. The van der Waals surface area contributed by atoms with Gasteiger partial charge in [-0.1, -0.05) is 88.9 Å². The van der Waals surface area contributed by atoms with Crippen molar-refractivity contribution in [1.82, 2.24) is 0 Å². The summed E-state index contributed by atoms with van der Waals surface area (Å²) in [6.07, 6.45) is -53.9. The van der Waals surface area contributed by atoms with Crippen molar-refractivity contribution < 1.29 is 82.7 Å². The molecule has 5 heteroatoms. The molecule has 0 saturated carbocycles. The lowest BCUT2D eigenvalue weighted by molar-refractivity contribution is 0.0319. The fourth-order valence-corrected chi connectivity index (χ4v) is 2.24. The van der Waals surface area contributed by atoms with E-state index >= 15 is 0 Å². The van der Waals surface area contributed by atoms with Gasteiger partial charge < -0.3 is 14.2 Å². The van der Waals surface area contributed by atoms with Crippen LogP contribution in [0.3, 0.4) is 0 Å². The Morgan fingerprint density at radius 1 is 0.707 bits per heavy atom. The fraction of sp³-hybridized carbons (Fsp3) is 0.444. The lowest BCUT2D eigenvalue weighted by atomic mass is 10.0. The van der Waals surface area contributed by atoms with Crippen LogP contribution in [0.5, 0.6) is 11.5 Å². The summed E-state index contributed by atoms with van der Waals surface area (Å²) in [5, 5.41) is 0. The van der Waals surface area contributed by atoms with E-state index in [1.165, 1.54) is 0 Å². The maximum absolute atomic E-state index is 13.7. The normalized spacial score (nSPS) is 32.5. The molecule has 41 heavy (non-hydrogen) atoms. The number of hydrogen-bond acceptors (Lipinski definition) is 5. The molecule has 3 aromatic carbocycles. The molecule has 0 amide bonds. The zero-order chi connectivity index (χ0) is 67.2. The molecule has 1 atom stereocenters. The van der Waals surface area contributed by atoms with Crippen LogP contribution in [-0.4, -0.2) is 24.6 Å². The van der Waals surface area contributed by atoms with Crippen molar-refractivity contribution in [2.45, 2.75) is 96.8 Å². The first-order valence-corrected chi connectivity index (χ1v) is 10.6. The minimum absolute atomic E-state index is 0.222. The second-order valence-corrected chi connectivity index (χ2v) is 6.57. The second-order valence-electron chi connectivity index (χ2n) is 6.57. The van der Waals surface area contributed by atoms with Gasteiger partial charge in [-0.2, -0.15) is 0 Å². The Labute approximate surface area is 306 Å². The van der Waals surface area contributed by atoms with Crippen LogP contribution >= 0.6 is 0 Å². The third-order valence-corrected chi connectivity index (χ3v) is 3.87. The molecular formula is C36H46O5. The van der Waals surface area contributed by atoms with E-state index in [9.17, 15) is 9.59 Å². The molecule has 0 radical (unpaired) electrons. The van der Waals surface area contributed by atoms with Crippen LogP contribution in [0.4, 0.5) is 0 Å². The molecule has 0 aliphatic rings.